The zero-order valence-electron chi connectivity index (χ0n) is 14.0. The van der Waals surface area contributed by atoms with Crippen molar-refractivity contribution in [1.29, 1.82) is 0 Å². The van der Waals surface area contributed by atoms with Crippen molar-refractivity contribution >= 4 is 0 Å². The number of hydrogen-bond acceptors (Lipinski definition) is 6. The summed E-state index contributed by atoms with van der Waals surface area (Å²) < 4.78 is 22.1. The van der Waals surface area contributed by atoms with Gasteiger partial charge in [-0.2, -0.15) is 0 Å². The highest BCUT2D eigenvalue weighted by atomic mass is 16.5. The molecule has 0 unspecified atom stereocenters. The van der Waals surface area contributed by atoms with Crippen LogP contribution >= 0.6 is 0 Å². The molecule has 0 bridgehead atoms. The lowest BCUT2D eigenvalue weighted by atomic mass is 10.1. The molecule has 0 spiro atoms. The first-order chi connectivity index (χ1) is 11.3. The van der Waals surface area contributed by atoms with E-state index in [-0.39, 0.29) is 6.17 Å². The average Bonchev–Trinajstić information content (AvgIpc) is 2.63. The fraction of sp³-hybridized carbons (Fsp3) is 0.647. The molecule has 6 heteroatoms. The first-order valence-corrected chi connectivity index (χ1v) is 8.19. The zero-order valence-corrected chi connectivity index (χ0v) is 14.0. The van der Waals surface area contributed by atoms with Crippen LogP contribution in [-0.2, 0) is 9.47 Å². The zero-order chi connectivity index (χ0) is 16.1. The fourth-order valence-corrected chi connectivity index (χ4v) is 3.31. The van der Waals surface area contributed by atoms with Crippen LogP contribution in [0.1, 0.15) is 11.7 Å². The monoisotopic (exact) mass is 322 g/mol. The molecule has 3 rings (SSSR count). The summed E-state index contributed by atoms with van der Waals surface area (Å²) in [5.41, 5.74) is 1.15. The van der Waals surface area contributed by atoms with Crippen LogP contribution in [0.5, 0.6) is 11.5 Å². The van der Waals surface area contributed by atoms with E-state index in [9.17, 15) is 0 Å². The molecule has 0 N–H and O–H groups in total. The number of hydrogen-bond donors (Lipinski definition) is 0. The van der Waals surface area contributed by atoms with Crippen molar-refractivity contribution in [3.05, 3.63) is 23.8 Å². The Kier molecular flexibility index (Phi) is 5.72. The highest BCUT2D eigenvalue weighted by Gasteiger charge is 2.31. The highest BCUT2D eigenvalue weighted by Crippen LogP contribution is 2.35. The third kappa shape index (κ3) is 3.77. The molecule has 0 aliphatic carbocycles. The predicted molar refractivity (Wildman–Crippen MR) is 87.1 cm³/mol. The molecule has 0 amide bonds. The van der Waals surface area contributed by atoms with Crippen molar-refractivity contribution < 1.29 is 18.9 Å². The Bertz CT molecular complexity index is 481. The molecule has 0 saturated carbocycles. The standard InChI is InChI=1S/C17H26N2O4/c1-20-14-3-4-16(21-2)15(13-14)17(18-5-9-22-10-6-18)19-7-11-23-12-8-19/h3-4,13,17H,5-12H2,1-2H3. The smallest absolute Gasteiger partial charge is 0.125 e. The summed E-state index contributed by atoms with van der Waals surface area (Å²) in [5.74, 6) is 1.75. The molecular formula is C17H26N2O4. The van der Waals surface area contributed by atoms with E-state index in [1.54, 1.807) is 14.2 Å². The second-order valence-electron chi connectivity index (χ2n) is 5.78. The van der Waals surface area contributed by atoms with Crippen molar-refractivity contribution in [2.24, 2.45) is 0 Å². The van der Waals surface area contributed by atoms with E-state index in [0.29, 0.717) is 0 Å². The molecule has 23 heavy (non-hydrogen) atoms. The highest BCUT2D eigenvalue weighted by molar-refractivity contribution is 5.42. The van der Waals surface area contributed by atoms with E-state index in [1.807, 2.05) is 12.1 Å². The van der Waals surface area contributed by atoms with Crippen LogP contribution in [0.3, 0.4) is 0 Å². The lowest BCUT2D eigenvalue weighted by Gasteiger charge is -2.43. The van der Waals surface area contributed by atoms with Gasteiger partial charge in [0.15, 0.2) is 0 Å². The van der Waals surface area contributed by atoms with Crippen molar-refractivity contribution in [2.75, 3.05) is 66.8 Å². The molecule has 1 aromatic carbocycles. The van der Waals surface area contributed by atoms with E-state index < -0.39 is 0 Å². The van der Waals surface area contributed by atoms with E-state index in [1.165, 1.54) is 0 Å². The summed E-state index contributed by atoms with van der Waals surface area (Å²) in [6, 6.07) is 6.02. The van der Waals surface area contributed by atoms with Gasteiger partial charge < -0.3 is 18.9 Å². The maximum Gasteiger partial charge on any atom is 0.125 e. The Morgan fingerprint density at radius 3 is 1.91 bits per heavy atom. The van der Waals surface area contributed by atoms with Gasteiger partial charge in [-0.1, -0.05) is 0 Å². The largest absolute Gasteiger partial charge is 0.497 e. The summed E-state index contributed by atoms with van der Waals surface area (Å²) in [6.07, 6.45) is 0.160. The summed E-state index contributed by atoms with van der Waals surface area (Å²) >= 11 is 0. The van der Waals surface area contributed by atoms with Gasteiger partial charge in [0.1, 0.15) is 11.5 Å². The minimum atomic E-state index is 0.160. The third-order valence-corrected chi connectivity index (χ3v) is 4.50. The molecule has 2 fully saturated rings. The number of methoxy groups -OCH3 is 2. The minimum absolute atomic E-state index is 0.160. The van der Waals surface area contributed by atoms with Gasteiger partial charge in [-0.05, 0) is 18.2 Å². The molecule has 2 aliphatic rings. The number of rotatable bonds is 5. The van der Waals surface area contributed by atoms with Gasteiger partial charge in [-0.25, -0.2) is 0 Å². The molecule has 0 aromatic heterocycles. The van der Waals surface area contributed by atoms with Crippen molar-refractivity contribution in [1.82, 2.24) is 9.80 Å². The molecule has 2 aliphatic heterocycles. The quantitative estimate of drug-likeness (QED) is 0.816. The van der Waals surface area contributed by atoms with Crippen LogP contribution in [0.15, 0.2) is 18.2 Å². The van der Waals surface area contributed by atoms with Gasteiger partial charge in [-0.3, -0.25) is 9.80 Å². The van der Waals surface area contributed by atoms with Crippen LogP contribution < -0.4 is 9.47 Å². The SMILES string of the molecule is COc1ccc(OC)c(C(N2CCOCC2)N2CCOCC2)c1. The van der Waals surface area contributed by atoms with E-state index >= 15 is 0 Å². The lowest BCUT2D eigenvalue weighted by Crippen LogP contribution is -2.50. The van der Waals surface area contributed by atoms with E-state index in [2.05, 4.69) is 15.9 Å². The van der Waals surface area contributed by atoms with E-state index in [4.69, 9.17) is 18.9 Å². The normalized spacial score (nSPS) is 20.7. The van der Waals surface area contributed by atoms with Gasteiger partial charge in [-0.15, -0.1) is 0 Å². The molecule has 0 atom stereocenters. The Hall–Kier alpha value is -1.34. The van der Waals surface area contributed by atoms with Crippen molar-refractivity contribution in [3.63, 3.8) is 0 Å². The van der Waals surface area contributed by atoms with Gasteiger partial charge in [0.05, 0.1) is 46.8 Å². The number of morpholine rings is 2. The molecule has 2 heterocycles. The molecule has 6 nitrogen and oxygen atoms in total. The summed E-state index contributed by atoms with van der Waals surface area (Å²) in [7, 11) is 3.42. The summed E-state index contributed by atoms with van der Waals surface area (Å²) in [4.78, 5) is 4.93. The lowest BCUT2D eigenvalue weighted by molar-refractivity contribution is -0.0682. The molecular weight excluding hydrogens is 296 g/mol. The van der Waals surface area contributed by atoms with Crippen LogP contribution in [0.2, 0.25) is 0 Å². The first-order valence-electron chi connectivity index (χ1n) is 8.19. The van der Waals surface area contributed by atoms with Crippen molar-refractivity contribution in [3.8, 4) is 11.5 Å². The summed E-state index contributed by atoms with van der Waals surface area (Å²) in [5, 5.41) is 0. The second kappa shape index (κ2) is 7.97. The van der Waals surface area contributed by atoms with Gasteiger partial charge in [0.2, 0.25) is 0 Å². The maximum atomic E-state index is 5.64. The predicted octanol–water partition coefficient (Wildman–Crippen LogP) is 1.37. The van der Waals surface area contributed by atoms with E-state index in [0.717, 1.165) is 69.7 Å². The van der Waals surface area contributed by atoms with Crippen LogP contribution in [0.25, 0.3) is 0 Å². The maximum absolute atomic E-state index is 5.64. The van der Waals surface area contributed by atoms with Crippen LogP contribution in [-0.4, -0.2) is 76.6 Å². The van der Waals surface area contributed by atoms with Crippen LogP contribution in [0, 0.1) is 0 Å². The Balaban J connectivity index is 1.95. The molecule has 2 saturated heterocycles. The Morgan fingerprint density at radius 1 is 0.870 bits per heavy atom. The minimum Gasteiger partial charge on any atom is -0.497 e. The fourth-order valence-electron chi connectivity index (χ4n) is 3.31. The molecule has 1 aromatic rings. The summed E-state index contributed by atoms with van der Waals surface area (Å²) in [6.45, 7) is 6.76. The Morgan fingerprint density at radius 2 is 1.43 bits per heavy atom. The second-order valence-corrected chi connectivity index (χ2v) is 5.78. The number of nitrogens with zero attached hydrogens (tertiary/aromatic N) is 2. The van der Waals surface area contributed by atoms with Gasteiger partial charge in [0.25, 0.3) is 0 Å². The number of benzene rings is 1. The first kappa shape index (κ1) is 16.5. The average molecular weight is 322 g/mol. The van der Waals surface area contributed by atoms with Gasteiger partial charge >= 0.3 is 0 Å². The van der Waals surface area contributed by atoms with Gasteiger partial charge in [0, 0.05) is 31.7 Å². The Labute approximate surface area is 137 Å². The molecule has 128 valence electrons. The third-order valence-electron chi connectivity index (χ3n) is 4.50. The number of ether oxygens (including phenoxy) is 4. The topological polar surface area (TPSA) is 43.4 Å². The van der Waals surface area contributed by atoms with Crippen molar-refractivity contribution in [2.45, 2.75) is 6.17 Å². The molecule has 0 radical (unpaired) electrons. The van der Waals surface area contributed by atoms with Crippen LogP contribution in [0.4, 0.5) is 0 Å².